The summed E-state index contributed by atoms with van der Waals surface area (Å²) in [5, 5.41) is 7.75. The number of nitrogens with one attached hydrogen (secondary N) is 3. The number of alkyl halides is 3. The maximum absolute atomic E-state index is 14.0. The van der Waals surface area contributed by atoms with Gasteiger partial charge in [-0.2, -0.15) is 13.2 Å². The maximum Gasteiger partial charge on any atom is 0.416 e. The van der Waals surface area contributed by atoms with Crippen LogP contribution in [0.15, 0.2) is 71.7 Å². The van der Waals surface area contributed by atoms with E-state index in [1.807, 2.05) is 0 Å². The average Bonchev–Trinajstić information content (AvgIpc) is 3.02. The molecule has 1 aromatic heterocycles. The molecule has 0 bridgehead atoms. The number of carbonyl (C=O) groups is 3. The Labute approximate surface area is 255 Å². The van der Waals surface area contributed by atoms with Crippen molar-refractivity contribution in [2.75, 3.05) is 19.4 Å². The van der Waals surface area contributed by atoms with Gasteiger partial charge in [0.2, 0.25) is 5.91 Å². The summed E-state index contributed by atoms with van der Waals surface area (Å²) >= 11 is 0. The van der Waals surface area contributed by atoms with Gasteiger partial charge in [-0.15, -0.1) is 0 Å². The summed E-state index contributed by atoms with van der Waals surface area (Å²) in [7, 11) is 3.00. The van der Waals surface area contributed by atoms with Crippen molar-refractivity contribution in [3.8, 4) is 11.4 Å². The van der Waals surface area contributed by atoms with Gasteiger partial charge in [-0.05, 0) is 80.6 Å². The monoisotopic (exact) mass is 623 g/mol. The van der Waals surface area contributed by atoms with Crippen LogP contribution in [-0.4, -0.2) is 47.3 Å². The predicted octanol–water partition coefficient (Wildman–Crippen LogP) is 4.56. The van der Waals surface area contributed by atoms with Gasteiger partial charge in [-0.1, -0.05) is 12.1 Å². The quantitative estimate of drug-likeness (QED) is 0.186. The lowest BCUT2D eigenvalue weighted by Gasteiger charge is -2.19. The van der Waals surface area contributed by atoms with Crippen LogP contribution in [0.5, 0.6) is 0 Å². The highest BCUT2D eigenvalue weighted by atomic mass is 19.4. The van der Waals surface area contributed by atoms with Crippen LogP contribution in [0.2, 0.25) is 0 Å². The van der Waals surface area contributed by atoms with Crippen molar-refractivity contribution < 1.29 is 31.9 Å². The van der Waals surface area contributed by atoms with Gasteiger partial charge in [0.15, 0.2) is 5.78 Å². The Bertz CT molecular complexity index is 1840. The number of benzene rings is 3. The molecule has 0 unspecified atom stereocenters. The minimum absolute atomic E-state index is 0.00624. The molecule has 0 saturated heterocycles. The highest BCUT2D eigenvalue weighted by Crippen LogP contribution is 2.32. The first-order valence-corrected chi connectivity index (χ1v) is 13.7. The molecular formula is C32H29F4N5O4. The second-order valence-corrected chi connectivity index (χ2v) is 10.2. The third-order valence-electron chi connectivity index (χ3n) is 7.21. The first-order valence-electron chi connectivity index (χ1n) is 13.7. The molecule has 45 heavy (non-hydrogen) atoms. The number of aromatic nitrogens is 2. The number of carbonyl (C=O) groups excluding carboxylic acids is 3. The Morgan fingerprint density at radius 1 is 0.978 bits per heavy atom. The third-order valence-corrected chi connectivity index (χ3v) is 7.21. The molecule has 1 heterocycles. The molecule has 3 aromatic carbocycles. The van der Waals surface area contributed by atoms with Crippen LogP contribution in [0.1, 0.15) is 49.9 Å². The summed E-state index contributed by atoms with van der Waals surface area (Å²) in [5.41, 5.74) is -1.55. The number of hydrogen-bond donors (Lipinski definition) is 3. The summed E-state index contributed by atoms with van der Waals surface area (Å²) in [4.78, 5) is 56.5. The van der Waals surface area contributed by atoms with Crippen LogP contribution in [0.25, 0.3) is 11.4 Å². The molecule has 0 spiro atoms. The Balaban J connectivity index is 1.92. The van der Waals surface area contributed by atoms with Crippen molar-refractivity contribution in [1.82, 2.24) is 20.2 Å². The summed E-state index contributed by atoms with van der Waals surface area (Å²) < 4.78 is 56.6. The molecule has 4 rings (SSSR count). The van der Waals surface area contributed by atoms with Crippen molar-refractivity contribution in [3.63, 3.8) is 0 Å². The lowest BCUT2D eigenvalue weighted by molar-refractivity contribution is -0.137. The predicted molar refractivity (Wildman–Crippen MR) is 160 cm³/mol. The number of ketones is 1. The zero-order valence-corrected chi connectivity index (χ0v) is 24.7. The standard InChI is InChI=1S/C32H29F4N5O4/c1-17-24(6-5-7-25(17)30(44)38-4)28-39-15-26(40-29(43)18(2)37-3)31(45)41(28)16-19-12-21(14-22(13-19)32(34,35)36)27(42)20-8-10-23(33)11-9-20/h5-15,18,37H,16H2,1-4H3,(H,38,44)(H,40,43)/t18-/m0/s1. The van der Waals surface area contributed by atoms with E-state index in [1.165, 1.54) is 13.1 Å². The highest BCUT2D eigenvalue weighted by Gasteiger charge is 2.32. The first-order chi connectivity index (χ1) is 21.2. The third kappa shape index (κ3) is 7.15. The molecule has 0 aliphatic rings. The maximum atomic E-state index is 14.0. The van der Waals surface area contributed by atoms with E-state index < -0.39 is 53.3 Å². The van der Waals surface area contributed by atoms with Crippen LogP contribution in [0.4, 0.5) is 23.2 Å². The average molecular weight is 624 g/mol. The van der Waals surface area contributed by atoms with Gasteiger partial charge in [-0.3, -0.25) is 23.7 Å². The van der Waals surface area contributed by atoms with Gasteiger partial charge < -0.3 is 16.0 Å². The number of halogens is 4. The van der Waals surface area contributed by atoms with Gasteiger partial charge in [-0.25, -0.2) is 9.37 Å². The molecule has 1 atom stereocenters. The lowest BCUT2D eigenvalue weighted by atomic mass is 9.98. The van der Waals surface area contributed by atoms with Gasteiger partial charge in [0.25, 0.3) is 11.5 Å². The van der Waals surface area contributed by atoms with Gasteiger partial charge >= 0.3 is 6.18 Å². The van der Waals surface area contributed by atoms with E-state index in [2.05, 4.69) is 20.9 Å². The molecule has 3 N–H and O–H groups in total. The summed E-state index contributed by atoms with van der Waals surface area (Å²) in [6.07, 6.45) is -3.71. The summed E-state index contributed by atoms with van der Waals surface area (Å²) in [6, 6.07) is 11.1. The Morgan fingerprint density at radius 3 is 2.29 bits per heavy atom. The van der Waals surface area contributed by atoms with Crippen molar-refractivity contribution in [2.45, 2.75) is 32.6 Å². The topological polar surface area (TPSA) is 122 Å². The van der Waals surface area contributed by atoms with Gasteiger partial charge in [0.1, 0.15) is 17.3 Å². The molecule has 4 aromatic rings. The largest absolute Gasteiger partial charge is 0.416 e. The number of likely N-dealkylation sites (N-methyl/N-ethyl adjacent to an activating group) is 1. The number of nitrogens with zero attached hydrogens (tertiary/aromatic N) is 2. The summed E-state index contributed by atoms with van der Waals surface area (Å²) in [6.45, 7) is 2.69. The van der Waals surface area contributed by atoms with Gasteiger partial charge in [0.05, 0.1) is 24.3 Å². The van der Waals surface area contributed by atoms with Crippen LogP contribution < -0.4 is 21.5 Å². The molecule has 2 amide bonds. The van der Waals surface area contributed by atoms with Crippen molar-refractivity contribution in [2.24, 2.45) is 0 Å². The van der Waals surface area contributed by atoms with Crippen LogP contribution in [0, 0.1) is 12.7 Å². The second kappa shape index (κ2) is 13.2. The SMILES string of the molecule is CNC(=O)c1cccc(-c2ncc(NC(=O)[C@H](C)NC)c(=O)n2Cc2cc(C(=O)c3ccc(F)cc3)cc(C(F)(F)F)c2)c1C. The minimum atomic E-state index is -4.85. The van der Waals surface area contributed by atoms with E-state index in [0.29, 0.717) is 17.2 Å². The van der Waals surface area contributed by atoms with E-state index in [-0.39, 0.29) is 33.8 Å². The van der Waals surface area contributed by atoms with Crippen molar-refractivity contribution in [3.05, 3.63) is 116 Å². The number of hydrogen-bond acceptors (Lipinski definition) is 6. The number of anilines is 1. The molecule has 0 saturated carbocycles. The smallest absolute Gasteiger partial charge is 0.355 e. The second-order valence-electron chi connectivity index (χ2n) is 10.2. The van der Waals surface area contributed by atoms with Crippen LogP contribution in [-0.2, 0) is 17.5 Å². The van der Waals surface area contributed by atoms with Gasteiger partial charge in [0, 0.05) is 29.3 Å². The Hall–Kier alpha value is -5.17. The molecule has 0 aliphatic heterocycles. The first kappa shape index (κ1) is 32.7. The fourth-order valence-corrected chi connectivity index (χ4v) is 4.60. The molecule has 0 aliphatic carbocycles. The fraction of sp³-hybridized carbons (Fsp3) is 0.219. The van der Waals surface area contributed by atoms with E-state index in [1.54, 1.807) is 39.1 Å². The number of amides is 2. The molecular weight excluding hydrogens is 594 g/mol. The van der Waals surface area contributed by atoms with Crippen molar-refractivity contribution in [1.29, 1.82) is 0 Å². The van der Waals surface area contributed by atoms with Crippen LogP contribution >= 0.6 is 0 Å². The fourth-order valence-electron chi connectivity index (χ4n) is 4.60. The van der Waals surface area contributed by atoms with E-state index in [9.17, 15) is 36.7 Å². The van der Waals surface area contributed by atoms with Crippen LogP contribution in [0.3, 0.4) is 0 Å². The number of rotatable bonds is 9. The van der Waals surface area contributed by atoms with E-state index in [0.717, 1.165) is 41.1 Å². The zero-order valence-electron chi connectivity index (χ0n) is 24.7. The van der Waals surface area contributed by atoms with E-state index >= 15 is 0 Å². The Morgan fingerprint density at radius 2 is 1.67 bits per heavy atom. The van der Waals surface area contributed by atoms with Crippen molar-refractivity contribution >= 4 is 23.3 Å². The molecule has 0 fully saturated rings. The lowest BCUT2D eigenvalue weighted by Crippen LogP contribution is -2.38. The zero-order chi connectivity index (χ0) is 33.1. The molecule has 234 valence electrons. The Kier molecular flexibility index (Phi) is 9.62. The highest BCUT2D eigenvalue weighted by molar-refractivity contribution is 6.09. The molecule has 0 radical (unpaired) electrons. The van der Waals surface area contributed by atoms with E-state index in [4.69, 9.17) is 0 Å². The molecule has 9 nitrogen and oxygen atoms in total. The molecule has 13 heteroatoms. The normalized spacial score (nSPS) is 12.0. The summed E-state index contributed by atoms with van der Waals surface area (Å²) in [5.74, 6) is -2.37. The minimum Gasteiger partial charge on any atom is -0.355 e.